The quantitative estimate of drug-likeness (QED) is 0.191. The van der Waals surface area contributed by atoms with Gasteiger partial charge in [0.25, 0.3) is 17.4 Å². The van der Waals surface area contributed by atoms with Crippen molar-refractivity contribution < 1.29 is 22.8 Å². The summed E-state index contributed by atoms with van der Waals surface area (Å²) in [5.74, 6) is -0.277. The second kappa shape index (κ2) is 10.7. The number of alkyl halides is 3. The topological polar surface area (TPSA) is 131 Å². The van der Waals surface area contributed by atoms with Crippen molar-refractivity contribution in [1.82, 2.24) is 29.8 Å². The molecule has 3 aromatic heterocycles. The van der Waals surface area contributed by atoms with E-state index in [1.54, 1.807) is 53.2 Å². The Morgan fingerprint density at radius 2 is 1.67 bits per heavy atom. The number of pyridine rings is 1. The number of nitrogens with one attached hydrogen (secondary N) is 1. The van der Waals surface area contributed by atoms with Crippen LogP contribution in [0.15, 0.2) is 95.0 Å². The summed E-state index contributed by atoms with van der Waals surface area (Å²) in [6, 6.07) is 20.2. The highest BCUT2D eigenvalue weighted by molar-refractivity contribution is 6.35. The fourth-order valence-electron chi connectivity index (χ4n) is 7.84. The molecule has 256 valence electrons. The molecule has 3 aliphatic heterocycles. The zero-order valence-corrected chi connectivity index (χ0v) is 27.4. The highest BCUT2D eigenvalue weighted by Crippen LogP contribution is 2.60. The average molecular weight is 719 g/mol. The number of carbonyl (C=O) groups is 2. The zero-order valence-electron chi connectivity index (χ0n) is 26.6. The largest absolute Gasteiger partial charge is 0.436 e. The Kier molecular flexibility index (Phi) is 6.30. The van der Waals surface area contributed by atoms with Crippen molar-refractivity contribution in [2.75, 3.05) is 4.90 Å². The number of anilines is 1. The van der Waals surface area contributed by atoms with Crippen LogP contribution in [-0.2, 0) is 6.18 Å². The number of amides is 2. The van der Waals surface area contributed by atoms with Crippen LogP contribution in [0.3, 0.4) is 0 Å². The number of hydrogen-bond donors (Lipinski definition) is 1. The van der Waals surface area contributed by atoms with Crippen LogP contribution >= 0.6 is 11.6 Å². The summed E-state index contributed by atoms with van der Waals surface area (Å²) in [6.07, 6.45) is -0.662. The fourth-order valence-corrected chi connectivity index (χ4v) is 8.02. The monoisotopic (exact) mass is 718 g/mol. The third-order valence-corrected chi connectivity index (χ3v) is 10.6. The number of halogens is 4. The van der Waals surface area contributed by atoms with Gasteiger partial charge in [-0.05, 0) is 77.6 Å². The van der Waals surface area contributed by atoms with E-state index in [0.717, 1.165) is 44.7 Å². The Morgan fingerprint density at radius 1 is 0.885 bits per heavy atom. The summed E-state index contributed by atoms with van der Waals surface area (Å²) in [5.41, 5.74) is 4.75. The number of carbonyl (C=O) groups excluding carboxylic acids is 2. The van der Waals surface area contributed by atoms with Crippen LogP contribution in [0.1, 0.15) is 62.5 Å². The van der Waals surface area contributed by atoms with Gasteiger partial charge in [-0.25, -0.2) is 9.58 Å². The standard InChI is InChI=1S/C37H22ClF3N8O3/c38-20-6-8-29(47-16-31(44-46-47)37(39,40)41)24(13-20)18-11-30-25-14-26(25)33(48(30)32(50)12-18)28-10-19(15-42-28)17-5-7-23-27(9-17)43-45-34(23)49-35(51)21-3-1-2-4-22(21)36(49)52/h1-9,11-13,15-16,25-26,33H,10,14H2,(H,43,45)/t25-,26+,33+/m1/s1. The van der Waals surface area contributed by atoms with Crippen molar-refractivity contribution in [1.29, 1.82) is 0 Å². The van der Waals surface area contributed by atoms with Crippen molar-refractivity contribution in [3.8, 4) is 16.8 Å². The van der Waals surface area contributed by atoms with Crippen molar-refractivity contribution in [2.24, 2.45) is 10.9 Å². The molecule has 6 aromatic rings. The number of fused-ring (bicyclic) bond motifs is 5. The summed E-state index contributed by atoms with van der Waals surface area (Å²) >= 11 is 6.33. The van der Waals surface area contributed by atoms with Gasteiger partial charge in [0.2, 0.25) is 0 Å². The summed E-state index contributed by atoms with van der Waals surface area (Å²) in [4.78, 5) is 45.9. The van der Waals surface area contributed by atoms with E-state index >= 15 is 0 Å². The number of H-pyrrole nitrogens is 1. The third kappa shape index (κ3) is 4.49. The lowest BCUT2D eigenvalue weighted by Gasteiger charge is -2.20. The maximum absolute atomic E-state index is 13.8. The molecule has 0 spiro atoms. The Balaban J connectivity index is 0.925. The van der Waals surface area contributed by atoms with E-state index in [1.165, 1.54) is 6.07 Å². The zero-order chi connectivity index (χ0) is 35.6. The molecule has 1 N–H and O–H groups in total. The second-order valence-corrected chi connectivity index (χ2v) is 13.7. The Bertz CT molecular complexity index is 2670. The summed E-state index contributed by atoms with van der Waals surface area (Å²) < 4.78 is 42.7. The second-order valence-electron chi connectivity index (χ2n) is 13.3. The number of aromatic amines is 1. The molecule has 10 rings (SSSR count). The maximum atomic E-state index is 13.8. The van der Waals surface area contributed by atoms with Crippen LogP contribution in [0, 0.1) is 5.92 Å². The summed E-state index contributed by atoms with van der Waals surface area (Å²) in [7, 11) is 0. The highest BCUT2D eigenvalue weighted by atomic mass is 35.5. The third-order valence-electron chi connectivity index (χ3n) is 10.3. The van der Waals surface area contributed by atoms with Crippen LogP contribution < -0.4 is 10.5 Å². The van der Waals surface area contributed by atoms with Crippen molar-refractivity contribution in [3.63, 3.8) is 0 Å². The summed E-state index contributed by atoms with van der Waals surface area (Å²) in [6.45, 7) is 0. The first-order chi connectivity index (χ1) is 25.0. The molecule has 1 aliphatic carbocycles. The van der Waals surface area contributed by atoms with E-state index < -0.39 is 23.7 Å². The number of imide groups is 1. The van der Waals surface area contributed by atoms with Crippen LogP contribution in [0.5, 0.6) is 0 Å². The number of hydrogen-bond acceptors (Lipinski definition) is 7. The predicted octanol–water partition coefficient (Wildman–Crippen LogP) is 6.99. The minimum atomic E-state index is -4.66. The number of nitrogens with zero attached hydrogens (tertiary/aromatic N) is 7. The molecule has 1 fully saturated rings. The first-order valence-electron chi connectivity index (χ1n) is 16.3. The van der Waals surface area contributed by atoms with Gasteiger partial charge in [0.05, 0.1) is 34.6 Å². The molecule has 0 bridgehead atoms. The molecule has 0 saturated heterocycles. The van der Waals surface area contributed by atoms with E-state index in [-0.39, 0.29) is 29.3 Å². The lowest BCUT2D eigenvalue weighted by molar-refractivity contribution is -0.141. The molecule has 3 atom stereocenters. The average Bonchev–Trinajstić information content (AvgIpc) is 3.63. The number of aromatic nitrogens is 6. The Labute approximate surface area is 295 Å². The van der Waals surface area contributed by atoms with Crippen LogP contribution in [0.4, 0.5) is 19.0 Å². The van der Waals surface area contributed by atoms with Gasteiger partial charge in [0, 0.05) is 52.0 Å². The van der Waals surface area contributed by atoms with Gasteiger partial charge in [-0.2, -0.15) is 18.3 Å². The molecule has 11 nitrogen and oxygen atoms in total. The van der Waals surface area contributed by atoms with Gasteiger partial charge >= 0.3 is 6.18 Å². The summed E-state index contributed by atoms with van der Waals surface area (Å²) in [5, 5.41) is 15.3. The molecular weight excluding hydrogens is 697 g/mol. The van der Waals surface area contributed by atoms with Crippen molar-refractivity contribution >= 4 is 51.4 Å². The van der Waals surface area contributed by atoms with Crippen LogP contribution in [0.2, 0.25) is 5.02 Å². The SMILES string of the molecule is O=C1c2ccccc2C(=O)N1c1n[nH]c2cc(C3=CN=C([C@@H]4[C@H]5C[C@H]5c5cc(-c6cc(Cl)ccc6-n6cc(C(F)(F)F)nn6)cc(=O)n54)C3)ccc12. The van der Waals surface area contributed by atoms with Gasteiger partial charge in [-0.3, -0.25) is 24.5 Å². The first kappa shape index (κ1) is 30.7. The molecular formula is C37H22ClF3N8O3. The van der Waals surface area contributed by atoms with Gasteiger partial charge in [-0.15, -0.1) is 5.10 Å². The molecule has 6 heterocycles. The Hall–Kier alpha value is -6.15. The highest BCUT2D eigenvalue weighted by Gasteiger charge is 2.54. The van der Waals surface area contributed by atoms with Gasteiger partial charge in [0.1, 0.15) is 0 Å². The molecule has 52 heavy (non-hydrogen) atoms. The van der Waals surface area contributed by atoms with Crippen molar-refractivity contribution in [2.45, 2.75) is 31.0 Å². The molecule has 0 radical (unpaired) electrons. The minimum Gasteiger partial charge on any atom is -0.303 e. The molecule has 0 unspecified atom stereocenters. The molecule has 1 saturated carbocycles. The van der Waals surface area contributed by atoms with Crippen LogP contribution in [-0.4, -0.2) is 47.3 Å². The number of aliphatic imine (C=N–C) groups is 1. The lowest BCUT2D eigenvalue weighted by Crippen LogP contribution is -2.29. The van der Waals surface area contributed by atoms with Gasteiger partial charge < -0.3 is 4.57 Å². The number of benzene rings is 3. The predicted molar refractivity (Wildman–Crippen MR) is 185 cm³/mol. The Morgan fingerprint density at radius 3 is 2.42 bits per heavy atom. The number of rotatable bonds is 5. The van der Waals surface area contributed by atoms with Crippen LogP contribution in [0.25, 0.3) is 33.3 Å². The normalized spacial score (nSPS) is 20.3. The maximum Gasteiger partial charge on any atom is 0.436 e. The molecule has 3 aromatic carbocycles. The van der Waals surface area contributed by atoms with E-state index in [1.807, 2.05) is 24.3 Å². The van der Waals surface area contributed by atoms with E-state index in [9.17, 15) is 27.6 Å². The van der Waals surface area contributed by atoms with Gasteiger partial charge in [0.15, 0.2) is 11.5 Å². The van der Waals surface area contributed by atoms with E-state index in [2.05, 4.69) is 20.5 Å². The molecule has 4 aliphatic rings. The van der Waals surface area contributed by atoms with Gasteiger partial charge in [-0.1, -0.05) is 35.0 Å². The minimum absolute atomic E-state index is 0.136. The first-order valence-corrected chi connectivity index (χ1v) is 16.7. The molecule has 2 amide bonds. The van der Waals surface area contributed by atoms with E-state index in [4.69, 9.17) is 16.6 Å². The number of allylic oxidation sites excluding steroid dienone is 1. The van der Waals surface area contributed by atoms with Crippen molar-refractivity contribution in [3.05, 3.63) is 129 Å². The van der Waals surface area contributed by atoms with E-state index in [0.29, 0.717) is 50.3 Å². The lowest BCUT2D eigenvalue weighted by atomic mass is 9.97. The fraction of sp³-hybridized carbons (Fsp3) is 0.162. The molecule has 15 heteroatoms. The smallest absolute Gasteiger partial charge is 0.303 e.